The van der Waals surface area contributed by atoms with Crippen LogP contribution in [0.5, 0.6) is 11.5 Å². The zero-order valence-electron chi connectivity index (χ0n) is 14.9. The van der Waals surface area contributed by atoms with Crippen molar-refractivity contribution in [2.75, 3.05) is 19.9 Å². The monoisotopic (exact) mass is 414 g/mol. The minimum absolute atomic E-state index is 0.0811. The van der Waals surface area contributed by atoms with Crippen LogP contribution >= 0.6 is 12.2 Å². The molecule has 0 amide bonds. The van der Waals surface area contributed by atoms with E-state index in [2.05, 4.69) is 10.2 Å². The number of benzene rings is 1. The number of likely N-dealkylation sites (tertiary alicyclic amines) is 1. The number of halogens is 3. The third-order valence-electron chi connectivity index (χ3n) is 4.72. The summed E-state index contributed by atoms with van der Waals surface area (Å²) < 4.78 is 52.7. The summed E-state index contributed by atoms with van der Waals surface area (Å²) in [6.07, 6.45) is -0.110. The number of ether oxygens (including phenoxy) is 2. The van der Waals surface area contributed by atoms with Crippen LogP contribution in [0.3, 0.4) is 0 Å². The molecule has 1 aromatic heterocycles. The van der Waals surface area contributed by atoms with Gasteiger partial charge in [-0.15, -0.1) is 5.10 Å². The van der Waals surface area contributed by atoms with Gasteiger partial charge in [-0.3, -0.25) is 0 Å². The molecule has 3 heterocycles. The molecule has 1 aromatic carbocycles. The summed E-state index contributed by atoms with van der Waals surface area (Å²) in [5.74, 6) is -0.0269. The van der Waals surface area contributed by atoms with E-state index in [9.17, 15) is 13.2 Å². The lowest BCUT2D eigenvalue weighted by atomic mass is 10.1. The normalized spacial score (nSPS) is 17.5. The van der Waals surface area contributed by atoms with Gasteiger partial charge in [-0.1, -0.05) is 0 Å². The Bertz CT molecular complexity index is 947. The van der Waals surface area contributed by atoms with Gasteiger partial charge in [-0.05, 0) is 55.2 Å². The fourth-order valence-electron chi connectivity index (χ4n) is 3.32. The summed E-state index contributed by atoms with van der Waals surface area (Å²) in [6, 6.07) is 5.00. The third-order valence-corrected chi connectivity index (χ3v) is 5.11. The van der Waals surface area contributed by atoms with Gasteiger partial charge in [0, 0.05) is 0 Å². The van der Waals surface area contributed by atoms with Gasteiger partial charge in [-0.25, -0.2) is 0 Å². The first-order valence-electron chi connectivity index (χ1n) is 8.96. The second-order valence-electron chi connectivity index (χ2n) is 6.74. The lowest BCUT2D eigenvalue weighted by molar-refractivity contribution is -0.928. The number of nitrogens with one attached hydrogen (secondary N) is 1. The minimum Gasteiger partial charge on any atom is -0.454 e. The van der Waals surface area contributed by atoms with Crippen molar-refractivity contribution in [3.8, 4) is 11.5 Å². The highest BCUT2D eigenvalue weighted by atomic mass is 32.1. The Morgan fingerprint density at radius 2 is 1.93 bits per heavy atom. The zero-order chi connectivity index (χ0) is 19.7. The van der Waals surface area contributed by atoms with Gasteiger partial charge >= 0.3 is 6.18 Å². The van der Waals surface area contributed by atoms with Crippen molar-refractivity contribution in [1.82, 2.24) is 14.5 Å². The van der Waals surface area contributed by atoms with Crippen molar-refractivity contribution in [3.63, 3.8) is 0 Å². The molecule has 1 saturated heterocycles. The molecule has 4 rings (SSSR count). The van der Waals surface area contributed by atoms with Crippen LogP contribution in [0, 0.1) is 4.77 Å². The molecule has 0 spiro atoms. The predicted molar refractivity (Wildman–Crippen MR) is 96.2 cm³/mol. The topological polar surface area (TPSA) is 58.0 Å². The van der Waals surface area contributed by atoms with E-state index < -0.39 is 12.0 Å². The van der Waals surface area contributed by atoms with Crippen molar-refractivity contribution in [3.05, 3.63) is 34.4 Å². The number of quaternary nitrogens is 1. The molecule has 2 aliphatic rings. The fourth-order valence-corrected chi connectivity index (χ4v) is 3.56. The Labute approximate surface area is 164 Å². The van der Waals surface area contributed by atoms with Gasteiger partial charge in [0.15, 0.2) is 18.2 Å². The Morgan fingerprint density at radius 1 is 1.18 bits per heavy atom. The average molecular weight is 414 g/mol. The molecule has 0 saturated carbocycles. The summed E-state index contributed by atoms with van der Waals surface area (Å²) in [7, 11) is 0. The summed E-state index contributed by atoms with van der Waals surface area (Å²) in [5, 5.41) is 7.68. The molecular formula is C17H19F3N5O2S+. The van der Waals surface area contributed by atoms with Gasteiger partial charge < -0.3 is 14.4 Å². The zero-order valence-corrected chi connectivity index (χ0v) is 15.7. The third kappa shape index (κ3) is 3.90. The summed E-state index contributed by atoms with van der Waals surface area (Å²) in [4.78, 5) is 1.17. The van der Waals surface area contributed by atoms with E-state index in [0.717, 1.165) is 32.4 Å². The molecule has 2 aliphatic heterocycles. The van der Waals surface area contributed by atoms with Crippen molar-refractivity contribution in [1.29, 1.82) is 0 Å². The van der Waals surface area contributed by atoms with Crippen LogP contribution in [0.2, 0.25) is 0 Å². The highest BCUT2D eigenvalue weighted by Crippen LogP contribution is 2.32. The molecule has 0 unspecified atom stereocenters. The maximum Gasteiger partial charge on any atom is 0.453 e. The largest absolute Gasteiger partial charge is 0.454 e. The van der Waals surface area contributed by atoms with Gasteiger partial charge in [0.1, 0.15) is 0 Å². The molecule has 2 aromatic rings. The molecule has 0 bridgehead atoms. The van der Waals surface area contributed by atoms with Crippen LogP contribution in [-0.4, -0.2) is 40.6 Å². The van der Waals surface area contributed by atoms with Crippen LogP contribution in [-0.2, 0) is 12.8 Å². The summed E-state index contributed by atoms with van der Waals surface area (Å²) in [6.45, 7) is 2.21. The fraction of sp³-hybridized carbons (Fsp3) is 0.471. The van der Waals surface area contributed by atoms with E-state index in [-0.39, 0.29) is 11.6 Å². The van der Waals surface area contributed by atoms with E-state index >= 15 is 0 Å². The average Bonchev–Trinajstić information content (AvgIpc) is 3.25. The van der Waals surface area contributed by atoms with Gasteiger partial charge in [-0.2, -0.15) is 27.6 Å². The van der Waals surface area contributed by atoms with Crippen LogP contribution in [0.1, 0.15) is 30.7 Å². The quantitative estimate of drug-likeness (QED) is 0.615. The molecule has 150 valence electrons. The molecule has 0 radical (unpaired) electrons. The lowest BCUT2D eigenvalue weighted by Crippen LogP contribution is -3.12. The number of fused-ring (bicyclic) bond motifs is 1. The van der Waals surface area contributed by atoms with E-state index in [1.807, 2.05) is 0 Å². The summed E-state index contributed by atoms with van der Waals surface area (Å²) in [5.41, 5.74) is 0.564. The van der Waals surface area contributed by atoms with Crippen molar-refractivity contribution >= 4 is 18.4 Å². The molecular weight excluding hydrogens is 395 g/mol. The van der Waals surface area contributed by atoms with E-state index in [0.29, 0.717) is 28.4 Å². The maximum atomic E-state index is 13.5. The highest BCUT2D eigenvalue weighted by molar-refractivity contribution is 7.71. The second-order valence-corrected chi connectivity index (χ2v) is 7.11. The maximum absolute atomic E-state index is 13.5. The first-order chi connectivity index (χ1) is 13.4. The van der Waals surface area contributed by atoms with Crippen LogP contribution in [0.25, 0.3) is 0 Å². The van der Waals surface area contributed by atoms with Crippen LogP contribution in [0.4, 0.5) is 13.2 Å². The molecule has 0 aliphatic carbocycles. The van der Waals surface area contributed by atoms with E-state index in [4.69, 9.17) is 21.7 Å². The SMILES string of the molecule is FC(F)(F)c1nn(C[NH+]2CCCCC2)c(=S)n1/N=C/c1ccc2c(c1)OCO2. The first kappa shape index (κ1) is 18.9. The number of hydrogen-bond acceptors (Lipinski definition) is 5. The van der Waals surface area contributed by atoms with Gasteiger partial charge in [0.05, 0.1) is 19.3 Å². The van der Waals surface area contributed by atoms with E-state index in [1.54, 1.807) is 18.2 Å². The number of aromatic nitrogens is 3. The number of alkyl halides is 3. The molecule has 7 nitrogen and oxygen atoms in total. The molecule has 0 atom stereocenters. The second kappa shape index (κ2) is 7.55. The molecule has 28 heavy (non-hydrogen) atoms. The standard InChI is InChI=1S/C17H18F3N5O2S/c18-17(19,20)15-22-24(10-23-6-2-1-3-7-23)16(28)25(15)21-9-12-4-5-13-14(8-12)27-11-26-13/h4-5,8-9H,1-3,6-7,10-11H2/p+1/b21-9+. The van der Waals surface area contributed by atoms with Gasteiger partial charge in [0.25, 0.3) is 5.82 Å². The number of piperidine rings is 1. The smallest absolute Gasteiger partial charge is 0.453 e. The van der Waals surface area contributed by atoms with Crippen molar-refractivity contribution in [2.45, 2.75) is 32.1 Å². The Morgan fingerprint density at radius 3 is 2.68 bits per heavy atom. The molecule has 1 fully saturated rings. The highest BCUT2D eigenvalue weighted by Gasteiger charge is 2.39. The number of hydrogen-bond donors (Lipinski definition) is 1. The molecule has 1 N–H and O–H groups in total. The number of nitrogens with zero attached hydrogens (tertiary/aromatic N) is 4. The Kier molecular flexibility index (Phi) is 5.11. The number of rotatable bonds is 4. The Hall–Kier alpha value is -2.40. The van der Waals surface area contributed by atoms with Crippen molar-refractivity contribution in [2.24, 2.45) is 5.10 Å². The predicted octanol–water partition coefficient (Wildman–Crippen LogP) is 2.07. The lowest BCUT2D eigenvalue weighted by Gasteiger charge is -2.22. The Balaban J connectivity index is 1.64. The van der Waals surface area contributed by atoms with Gasteiger partial charge in [0.2, 0.25) is 11.6 Å². The minimum atomic E-state index is -4.66. The van der Waals surface area contributed by atoms with Crippen LogP contribution in [0.15, 0.2) is 23.3 Å². The summed E-state index contributed by atoms with van der Waals surface area (Å²) >= 11 is 5.24. The van der Waals surface area contributed by atoms with E-state index in [1.165, 1.54) is 15.8 Å². The first-order valence-corrected chi connectivity index (χ1v) is 9.37. The van der Waals surface area contributed by atoms with Crippen LogP contribution < -0.4 is 14.4 Å². The van der Waals surface area contributed by atoms with Crippen molar-refractivity contribution < 1.29 is 27.5 Å². The molecule has 11 heteroatoms.